The van der Waals surface area contributed by atoms with E-state index in [1.807, 2.05) is 4.90 Å². The van der Waals surface area contributed by atoms with Crippen molar-refractivity contribution in [1.82, 2.24) is 15.1 Å². The molecule has 0 bridgehead atoms. The number of amides is 3. The summed E-state index contributed by atoms with van der Waals surface area (Å²) in [5.41, 5.74) is 11.3. The Hall–Kier alpha value is -1.67. The van der Waals surface area contributed by atoms with E-state index in [0.29, 0.717) is 32.0 Å². The quantitative estimate of drug-likeness (QED) is 0.491. The number of nitrogens with two attached hydrogens (primary N) is 2. The summed E-state index contributed by atoms with van der Waals surface area (Å²) in [6, 6.07) is 0.256. The summed E-state index contributed by atoms with van der Waals surface area (Å²) < 4.78 is 0. The van der Waals surface area contributed by atoms with Gasteiger partial charge in [0.1, 0.15) is 0 Å². The standard InChI is InChI=1S/C21H37N5O3/c1-13-12-25(21(29)15-3-4-15)19-9-16(5-6-18(19)26(13)14(2)27)17(10-22)11-24-8-7-20(23)28/h13,15-19,24H,3-12,22H2,1-2H3,(H2,23,28)/t13-,16?,17?,18?,19?/m0/s1. The molecule has 1 aliphatic heterocycles. The topological polar surface area (TPSA) is 122 Å². The highest BCUT2D eigenvalue weighted by Gasteiger charge is 2.49. The van der Waals surface area contributed by atoms with Crippen LogP contribution in [0.3, 0.4) is 0 Å². The molecule has 0 spiro atoms. The van der Waals surface area contributed by atoms with Gasteiger partial charge < -0.3 is 26.6 Å². The average molecular weight is 408 g/mol. The maximum absolute atomic E-state index is 13.0. The molecule has 3 amide bonds. The van der Waals surface area contributed by atoms with Crippen LogP contribution in [0.25, 0.3) is 0 Å². The zero-order valence-electron chi connectivity index (χ0n) is 17.8. The number of primary amides is 1. The van der Waals surface area contributed by atoms with Crippen molar-refractivity contribution in [3.8, 4) is 0 Å². The van der Waals surface area contributed by atoms with Crippen LogP contribution in [0.15, 0.2) is 0 Å². The number of hydrogen-bond acceptors (Lipinski definition) is 5. The number of rotatable bonds is 8. The molecule has 1 saturated heterocycles. The first-order valence-corrected chi connectivity index (χ1v) is 11.1. The Kier molecular flexibility index (Phi) is 7.16. The number of carbonyl (C=O) groups excluding carboxylic acids is 3. The van der Waals surface area contributed by atoms with Gasteiger partial charge in [-0.3, -0.25) is 14.4 Å². The first-order valence-electron chi connectivity index (χ1n) is 11.1. The fourth-order valence-electron chi connectivity index (χ4n) is 5.39. The Bertz CT molecular complexity index is 623. The minimum Gasteiger partial charge on any atom is -0.370 e. The largest absolute Gasteiger partial charge is 0.370 e. The first kappa shape index (κ1) is 22.0. The molecule has 2 saturated carbocycles. The lowest BCUT2D eigenvalue weighted by atomic mass is 9.73. The van der Waals surface area contributed by atoms with Gasteiger partial charge in [-0.1, -0.05) is 0 Å². The van der Waals surface area contributed by atoms with Crippen LogP contribution >= 0.6 is 0 Å². The van der Waals surface area contributed by atoms with Crippen molar-refractivity contribution in [1.29, 1.82) is 0 Å². The maximum Gasteiger partial charge on any atom is 0.226 e. The van der Waals surface area contributed by atoms with Gasteiger partial charge in [0, 0.05) is 38.4 Å². The van der Waals surface area contributed by atoms with Crippen LogP contribution in [-0.2, 0) is 14.4 Å². The van der Waals surface area contributed by atoms with E-state index in [1.54, 1.807) is 6.92 Å². The van der Waals surface area contributed by atoms with Gasteiger partial charge in [-0.05, 0) is 64.0 Å². The van der Waals surface area contributed by atoms with Crippen molar-refractivity contribution >= 4 is 17.7 Å². The monoisotopic (exact) mass is 407 g/mol. The summed E-state index contributed by atoms with van der Waals surface area (Å²) in [5.74, 6) is 0.948. The molecule has 5 atom stereocenters. The first-order chi connectivity index (χ1) is 13.8. The molecule has 2 aliphatic carbocycles. The molecule has 164 valence electrons. The van der Waals surface area contributed by atoms with Crippen LogP contribution in [0.5, 0.6) is 0 Å². The summed E-state index contributed by atoms with van der Waals surface area (Å²) in [6.45, 7) is 6.20. The second-order valence-electron chi connectivity index (χ2n) is 9.16. The van der Waals surface area contributed by atoms with Gasteiger partial charge in [0.05, 0.1) is 12.1 Å². The zero-order valence-corrected chi connectivity index (χ0v) is 17.8. The summed E-state index contributed by atoms with van der Waals surface area (Å²) in [5, 5.41) is 3.31. The van der Waals surface area contributed by atoms with E-state index in [9.17, 15) is 14.4 Å². The summed E-state index contributed by atoms with van der Waals surface area (Å²) in [6.07, 6.45) is 5.11. The highest BCUT2D eigenvalue weighted by atomic mass is 16.2. The molecular weight excluding hydrogens is 370 g/mol. The Labute approximate surface area is 173 Å². The molecule has 3 aliphatic rings. The van der Waals surface area contributed by atoms with Crippen molar-refractivity contribution in [2.45, 2.75) is 70.5 Å². The third-order valence-electron chi connectivity index (χ3n) is 7.01. The van der Waals surface area contributed by atoms with Crippen molar-refractivity contribution in [2.24, 2.45) is 29.2 Å². The predicted octanol–water partition coefficient (Wildman–Crippen LogP) is 0.0528. The minimum absolute atomic E-state index is 0.0637. The Morgan fingerprint density at radius 3 is 2.45 bits per heavy atom. The normalized spacial score (nSPS) is 30.6. The minimum atomic E-state index is -0.308. The molecule has 5 N–H and O–H groups in total. The number of nitrogens with one attached hydrogen (secondary N) is 1. The fraction of sp³-hybridized carbons (Fsp3) is 0.857. The summed E-state index contributed by atoms with van der Waals surface area (Å²) in [7, 11) is 0. The van der Waals surface area contributed by atoms with Crippen LogP contribution in [0.2, 0.25) is 0 Å². The molecular formula is C21H37N5O3. The van der Waals surface area contributed by atoms with Gasteiger partial charge in [0.25, 0.3) is 0 Å². The second-order valence-corrected chi connectivity index (χ2v) is 9.16. The van der Waals surface area contributed by atoms with E-state index in [1.165, 1.54) is 0 Å². The number of carbonyl (C=O) groups is 3. The molecule has 0 aromatic carbocycles. The zero-order chi connectivity index (χ0) is 21.1. The van der Waals surface area contributed by atoms with Crippen molar-refractivity contribution in [2.75, 3.05) is 26.2 Å². The van der Waals surface area contributed by atoms with Gasteiger partial charge >= 0.3 is 0 Å². The highest BCUT2D eigenvalue weighted by molar-refractivity contribution is 5.82. The molecule has 0 aromatic heterocycles. The summed E-state index contributed by atoms with van der Waals surface area (Å²) >= 11 is 0. The molecule has 1 heterocycles. The van der Waals surface area contributed by atoms with Crippen molar-refractivity contribution in [3.05, 3.63) is 0 Å². The maximum atomic E-state index is 13.0. The van der Waals surface area contributed by atoms with Gasteiger partial charge in [-0.25, -0.2) is 0 Å². The van der Waals surface area contributed by atoms with Crippen molar-refractivity contribution in [3.63, 3.8) is 0 Å². The molecule has 29 heavy (non-hydrogen) atoms. The highest BCUT2D eigenvalue weighted by Crippen LogP contribution is 2.41. The molecule has 8 nitrogen and oxygen atoms in total. The van der Waals surface area contributed by atoms with Gasteiger partial charge in [-0.2, -0.15) is 0 Å². The van der Waals surface area contributed by atoms with E-state index >= 15 is 0 Å². The van der Waals surface area contributed by atoms with E-state index < -0.39 is 0 Å². The van der Waals surface area contributed by atoms with Crippen molar-refractivity contribution < 1.29 is 14.4 Å². The van der Waals surface area contributed by atoms with E-state index in [-0.39, 0.29) is 47.7 Å². The van der Waals surface area contributed by atoms with E-state index in [2.05, 4.69) is 17.1 Å². The Balaban J connectivity index is 1.69. The molecule has 4 unspecified atom stereocenters. The molecule has 0 aromatic rings. The third kappa shape index (κ3) is 5.09. The molecule has 3 rings (SSSR count). The van der Waals surface area contributed by atoms with Crippen LogP contribution < -0.4 is 16.8 Å². The van der Waals surface area contributed by atoms with Gasteiger partial charge in [0.2, 0.25) is 17.7 Å². The lowest BCUT2D eigenvalue weighted by molar-refractivity contribution is -0.155. The van der Waals surface area contributed by atoms with E-state index in [0.717, 1.165) is 38.6 Å². The molecule has 8 heteroatoms. The van der Waals surface area contributed by atoms with Crippen LogP contribution in [0.1, 0.15) is 52.4 Å². The SMILES string of the molecule is CC(=O)N1C2CCC(C(CN)CNCCC(N)=O)CC2N(C(=O)C2CC2)C[C@@H]1C. The van der Waals surface area contributed by atoms with E-state index in [4.69, 9.17) is 11.5 Å². The Morgan fingerprint density at radius 1 is 1.14 bits per heavy atom. The fourth-order valence-corrected chi connectivity index (χ4v) is 5.39. The lowest BCUT2D eigenvalue weighted by Crippen LogP contribution is -2.67. The van der Waals surface area contributed by atoms with Crippen LogP contribution in [-0.4, -0.2) is 71.8 Å². The van der Waals surface area contributed by atoms with Crippen LogP contribution in [0, 0.1) is 17.8 Å². The number of fused-ring (bicyclic) bond motifs is 1. The summed E-state index contributed by atoms with van der Waals surface area (Å²) in [4.78, 5) is 40.4. The third-order valence-corrected chi connectivity index (χ3v) is 7.01. The average Bonchev–Trinajstić information content (AvgIpc) is 3.51. The van der Waals surface area contributed by atoms with Gasteiger partial charge in [-0.15, -0.1) is 0 Å². The number of nitrogens with zero attached hydrogens (tertiary/aromatic N) is 2. The number of hydrogen-bond donors (Lipinski definition) is 3. The van der Waals surface area contributed by atoms with Crippen LogP contribution in [0.4, 0.5) is 0 Å². The predicted molar refractivity (Wildman–Crippen MR) is 111 cm³/mol. The lowest BCUT2D eigenvalue weighted by Gasteiger charge is -2.54. The van der Waals surface area contributed by atoms with Gasteiger partial charge in [0.15, 0.2) is 0 Å². The molecule has 3 fully saturated rings. The number of piperazine rings is 1. The smallest absolute Gasteiger partial charge is 0.226 e. The second kappa shape index (κ2) is 9.43. The Morgan fingerprint density at radius 2 is 1.86 bits per heavy atom. The molecule has 0 radical (unpaired) electrons.